The van der Waals surface area contributed by atoms with Crippen molar-refractivity contribution in [1.29, 1.82) is 0 Å². The fraction of sp³-hybridized carbons (Fsp3) is 0.111. The lowest BCUT2D eigenvalue weighted by Crippen LogP contribution is -2.30. The van der Waals surface area contributed by atoms with Crippen molar-refractivity contribution in [3.8, 4) is 39.1 Å². The van der Waals surface area contributed by atoms with E-state index in [2.05, 4.69) is 119 Å². The van der Waals surface area contributed by atoms with Crippen molar-refractivity contribution < 1.29 is 9.59 Å². The smallest absolute Gasteiger partial charge is 0.268 e. The monoisotopic (exact) mass is 754 g/mol. The molecule has 0 radical (unpaired) electrons. The number of hydrogen-bond acceptors (Lipinski definition) is 2. The number of anilines is 1. The average Bonchev–Trinajstić information content (AvgIpc) is 3.67. The molecule has 0 unspecified atom stereocenters. The van der Waals surface area contributed by atoms with Crippen LogP contribution >= 0.6 is 0 Å². The molecule has 8 aromatic rings. The van der Waals surface area contributed by atoms with Crippen LogP contribution in [0.1, 0.15) is 58.2 Å². The molecule has 0 atom stereocenters. The molecule has 1 aromatic heterocycles. The summed E-state index contributed by atoms with van der Waals surface area (Å²) in [5.41, 5.74) is 16.4. The van der Waals surface area contributed by atoms with Gasteiger partial charge in [0.15, 0.2) is 0 Å². The number of hydrogen-bond donors (Lipinski definition) is 0. The van der Waals surface area contributed by atoms with Gasteiger partial charge in [0.2, 0.25) is 0 Å². The second kappa shape index (κ2) is 15.5. The van der Waals surface area contributed by atoms with Gasteiger partial charge in [0.25, 0.3) is 11.8 Å². The zero-order chi connectivity index (χ0) is 40.7. The number of nitrogens with zero attached hydrogens (tertiary/aromatic N) is 2. The van der Waals surface area contributed by atoms with E-state index in [-0.39, 0.29) is 11.8 Å². The number of aromatic nitrogens is 1. The number of carbonyl (C=O) groups excluding carboxylic acids is 2. The minimum Gasteiger partial charge on any atom is -0.308 e. The van der Waals surface area contributed by atoms with Gasteiger partial charge < -0.3 is 4.57 Å². The van der Waals surface area contributed by atoms with Gasteiger partial charge in [-0.15, -0.1) is 0 Å². The standard InChI is InChI=1S/C47H34N2O2.C7H12/c1-29-25-30(2)44(31(3)26-29)35-22-24-42-39(28-35)36-17-10-11-19-40(36)48(42)43-20-12-18-37-45(43)47(51)49(46(37)50)41-23-21-34(32-13-6-4-7-14-32)27-38(41)33-15-8-5-9-16-33;1-6(2)5-7(3)4/h4-28H,1-3H3;5H,1H2,2-4H3. The number of rotatable bonds is 6. The predicted octanol–water partition coefficient (Wildman–Crippen LogP) is 14.0. The minimum atomic E-state index is -0.330. The number of carbonyl (C=O) groups is 2. The predicted molar refractivity (Wildman–Crippen MR) is 243 cm³/mol. The van der Waals surface area contributed by atoms with Gasteiger partial charge >= 0.3 is 0 Å². The van der Waals surface area contributed by atoms with Crippen LogP contribution in [0.3, 0.4) is 0 Å². The third kappa shape index (κ3) is 6.88. The molecular weight excluding hydrogens is 709 g/mol. The number of imide groups is 1. The number of para-hydroxylation sites is 1. The van der Waals surface area contributed by atoms with Crippen molar-refractivity contribution in [1.82, 2.24) is 4.57 Å². The van der Waals surface area contributed by atoms with Crippen molar-refractivity contribution >= 4 is 39.3 Å². The summed E-state index contributed by atoms with van der Waals surface area (Å²) in [6, 6.07) is 51.0. The van der Waals surface area contributed by atoms with Crippen molar-refractivity contribution in [3.05, 3.63) is 203 Å². The van der Waals surface area contributed by atoms with E-state index in [0.717, 1.165) is 55.2 Å². The largest absolute Gasteiger partial charge is 0.308 e. The zero-order valence-electron chi connectivity index (χ0n) is 33.9. The van der Waals surface area contributed by atoms with E-state index in [1.807, 2.05) is 85.8 Å². The Balaban J connectivity index is 0.000000617. The van der Waals surface area contributed by atoms with Gasteiger partial charge in [-0.05, 0) is 123 Å². The van der Waals surface area contributed by atoms with E-state index in [0.29, 0.717) is 22.5 Å². The molecule has 0 bridgehead atoms. The van der Waals surface area contributed by atoms with Crippen LogP contribution in [-0.4, -0.2) is 16.4 Å². The molecule has 1 aliphatic rings. The molecule has 0 saturated heterocycles. The molecule has 0 saturated carbocycles. The van der Waals surface area contributed by atoms with Crippen LogP contribution in [0.2, 0.25) is 0 Å². The molecule has 58 heavy (non-hydrogen) atoms. The second-order valence-electron chi connectivity index (χ2n) is 15.5. The number of aryl methyl sites for hydroxylation is 3. The van der Waals surface area contributed by atoms with Gasteiger partial charge in [-0.2, -0.15) is 0 Å². The maximum absolute atomic E-state index is 14.8. The van der Waals surface area contributed by atoms with E-state index in [4.69, 9.17) is 0 Å². The van der Waals surface area contributed by atoms with E-state index >= 15 is 0 Å². The van der Waals surface area contributed by atoms with Crippen molar-refractivity contribution in [2.45, 2.75) is 41.5 Å². The molecule has 0 N–H and O–H groups in total. The van der Waals surface area contributed by atoms with E-state index in [9.17, 15) is 9.59 Å². The van der Waals surface area contributed by atoms with Gasteiger partial charge in [-0.3, -0.25) is 9.59 Å². The van der Waals surface area contributed by atoms with Gasteiger partial charge in [0.1, 0.15) is 0 Å². The number of benzene rings is 7. The third-order valence-corrected chi connectivity index (χ3v) is 10.7. The van der Waals surface area contributed by atoms with Crippen LogP contribution in [0.4, 0.5) is 5.69 Å². The molecule has 0 aliphatic carbocycles. The highest BCUT2D eigenvalue weighted by atomic mass is 16.2. The zero-order valence-corrected chi connectivity index (χ0v) is 33.9. The lowest BCUT2D eigenvalue weighted by Gasteiger charge is -2.20. The first kappa shape index (κ1) is 37.9. The summed E-state index contributed by atoms with van der Waals surface area (Å²) in [7, 11) is 0. The summed E-state index contributed by atoms with van der Waals surface area (Å²) >= 11 is 0. The van der Waals surface area contributed by atoms with Crippen LogP contribution in [-0.2, 0) is 0 Å². The van der Waals surface area contributed by atoms with Crippen LogP contribution in [0, 0.1) is 20.8 Å². The lowest BCUT2D eigenvalue weighted by molar-refractivity contribution is 0.0926. The summed E-state index contributed by atoms with van der Waals surface area (Å²) in [5.74, 6) is -0.654. The number of allylic oxidation sites excluding steroid dienone is 3. The Kier molecular flexibility index (Phi) is 10.1. The Labute approximate surface area is 341 Å². The Morgan fingerprint density at radius 2 is 1.12 bits per heavy atom. The molecule has 7 aromatic carbocycles. The molecule has 0 fully saturated rings. The van der Waals surface area contributed by atoms with Crippen LogP contribution in [0.15, 0.2) is 175 Å². The molecule has 2 amide bonds. The van der Waals surface area contributed by atoms with Gasteiger partial charge in [-0.25, -0.2) is 4.90 Å². The average molecular weight is 755 g/mol. The fourth-order valence-corrected chi connectivity index (χ4v) is 8.58. The highest BCUT2D eigenvalue weighted by Gasteiger charge is 2.40. The highest BCUT2D eigenvalue weighted by Crippen LogP contribution is 2.42. The molecule has 284 valence electrons. The number of amides is 2. The first-order chi connectivity index (χ1) is 28.0. The minimum absolute atomic E-state index is 0.324. The molecular formula is C54H46N2O2. The summed E-state index contributed by atoms with van der Waals surface area (Å²) in [6.07, 6.45) is 2.06. The fourth-order valence-electron chi connectivity index (χ4n) is 8.58. The Bertz CT molecular complexity index is 2920. The Morgan fingerprint density at radius 1 is 0.500 bits per heavy atom. The molecule has 1 aliphatic heterocycles. The first-order valence-corrected chi connectivity index (χ1v) is 19.7. The molecule has 4 heteroatoms. The molecule has 4 nitrogen and oxygen atoms in total. The number of fused-ring (bicyclic) bond motifs is 4. The Hall–Kier alpha value is -7.04. The summed E-state index contributed by atoms with van der Waals surface area (Å²) < 4.78 is 2.15. The van der Waals surface area contributed by atoms with E-state index < -0.39 is 0 Å². The lowest BCUT2D eigenvalue weighted by atomic mass is 9.93. The van der Waals surface area contributed by atoms with Crippen LogP contribution < -0.4 is 4.90 Å². The summed E-state index contributed by atoms with van der Waals surface area (Å²) in [6.45, 7) is 16.3. The van der Waals surface area contributed by atoms with Crippen LogP contribution in [0.25, 0.3) is 60.9 Å². The molecule has 0 spiro atoms. The second-order valence-corrected chi connectivity index (χ2v) is 15.5. The first-order valence-electron chi connectivity index (χ1n) is 19.7. The van der Waals surface area contributed by atoms with E-state index in [1.165, 1.54) is 32.7 Å². The van der Waals surface area contributed by atoms with Crippen molar-refractivity contribution in [3.63, 3.8) is 0 Å². The highest BCUT2D eigenvalue weighted by molar-refractivity contribution is 6.36. The van der Waals surface area contributed by atoms with Gasteiger partial charge in [0, 0.05) is 16.3 Å². The molecule has 9 rings (SSSR count). The van der Waals surface area contributed by atoms with Gasteiger partial charge in [0.05, 0.1) is 33.5 Å². The van der Waals surface area contributed by atoms with Gasteiger partial charge in [-0.1, -0.05) is 139 Å². The van der Waals surface area contributed by atoms with Crippen molar-refractivity contribution in [2.75, 3.05) is 4.90 Å². The van der Waals surface area contributed by atoms with Crippen molar-refractivity contribution in [2.24, 2.45) is 0 Å². The summed E-state index contributed by atoms with van der Waals surface area (Å²) in [5, 5.41) is 2.18. The molecule has 2 heterocycles. The normalized spacial score (nSPS) is 12.1. The SMILES string of the molecule is C=C(C)C=C(C)C.Cc1cc(C)c(-c2ccc3c(c2)c2ccccc2n3-c2cccc3c2C(=O)N(c2ccc(-c4ccccc4)cc2-c2ccccc2)C3=O)c(C)c1. The quantitative estimate of drug-likeness (QED) is 0.125. The maximum atomic E-state index is 14.8. The third-order valence-electron chi connectivity index (χ3n) is 10.7. The van der Waals surface area contributed by atoms with E-state index in [1.54, 1.807) is 6.07 Å². The maximum Gasteiger partial charge on any atom is 0.268 e. The van der Waals surface area contributed by atoms with Crippen LogP contribution in [0.5, 0.6) is 0 Å². The summed E-state index contributed by atoms with van der Waals surface area (Å²) in [4.78, 5) is 30.5. The topological polar surface area (TPSA) is 42.3 Å². The Morgan fingerprint density at radius 3 is 1.78 bits per heavy atom.